The zero-order valence-corrected chi connectivity index (χ0v) is 19.8. The van der Waals surface area contributed by atoms with Crippen LogP contribution in [0.4, 0.5) is 0 Å². The van der Waals surface area contributed by atoms with Gasteiger partial charge in [-0.25, -0.2) is 0 Å². The topological polar surface area (TPSA) is 63.2 Å². The summed E-state index contributed by atoms with van der Waals surface area (Å²) < 4.78 is 30.4. The Morgan fingerprint density at radius 2 is 1.45 bits per heavy atom. The number of thioether (sulfide) groups is 1. The molecule has 1 aliphatic rings. The number of hydrogen-bond acceptors (Lipinski definition) is 7. The summed E-state index contributed by atoms with van der Waals surface area (Å²) in [5, 5.41) is 0. The maximum atomic E-state index is 11.8. The largest absolute Gasteiger partial charge is 0.456 e. The molecule has 0 bridgehead atoms. The molecule has 0 aromatic carbocycles. The summed E-state index contributed by atoms with van der Waals surface area (Å²) in [4.78, 5) is 11.8. The number of unbranched alkanes of at least 4 members (excludes halogenated alkanes) is 3. The summed E-state index contributed by atoms with van der Waals surface area (Å²) >= 11 is 1.63. The molecule has 2 unspecified atom stereocenters. The average molecular weight is 435 g/mol. The Bertz CT molecular complexity index is 422. The van der Waals surface area contributed by atoms with Crippen molar-refractivity contribution in [2.45, 2.75) is 103 Å². The molecule has 6 nitrogen and oxygen atoms in total. The van der Waals surface area contributed by atoms with Crippen molar-refractivity contribution in [3.63, 3.8) is 0 Å². The maximum Gasteiger partial charge on any atom is 0.303 e. The molecule has 5 atom stereocenters. The fraction of sp³-hybridized carbons (Fsp3) is 0.955. The molecular weight excluding hydrogens is 392 g/mol. The summed E-state index contributed by atoms with van der Waals surface area (Å²) in [6.07, 6.45) is 4.70. The molecule has 0 saturated carbocycles. The first kappa shape index (κ1) is 26.7. The second-order valence-corrected chi connectivity index (χ2v) is 8.75. The lowest BCUT2D eigenvalue weighted by Gasteiger charge is -2.45. The second-order valence-electron chi connectivity index (χ2n) is 7.38. The van der Waals surface area contributed by atoms with Crippen LogP contribution < -0.4 is 0 Å². The number of ether oxygens (including phenoxy) is 5. The van der Waals surface area contributed by atoms with Crippen LogP contribution in [0.5, 0.6) is 0 Å². The van der Waals surface area contributed by atoms with Gasteiger partial charge in [-0.05, 0) is 25.0 Å². The van der Waals surface area contributed by atoms with E-state index >= 15 is 0 Å². The van der Waals surface area contributed by atoms with Gasteiger partial charge in [-0.1, -0.05) is 47.0 Å². The first-order chi connectivity index (χ1) is 14.1. The minimum Gasteiger partial charge on any atom is -0.456 e. The van der Waals surface area contributed by atoms with Crippen molar-refractivity contribution in [2.24, 2.45) is 0 Å². The van der Waals surface area contributed by atoms with Crippen LogP contribution in [-0.4, -0.2) is 68.0 Å². The summed E-state index contributed by atoms with van der Waals surface area (Å²) in [5.41, 5.74) is -0.290. The van der Waals surface area contributed by atoms with E-state index in [0.717, 1.165) is 44.3 Å². The van der Waals surface area contributed by atoms with E-state index in [1.165, 1.54) is 6.92 Å². The van der Waals surface area contributed by atoms with Gasteiger partial charge in [0, 0.05) is 26.7 Å². The Labute approximate surface area is 181 Å². The molecule has 0 N–H and O–H groups in total. The Hall–Kier alpha value is -0.340. The molecule has 0 amide bonds. The third-order valence-electron chi connectivity index (χ3n) is 4.76. The minimum atomic E-state index is -0.493. The van der Waals surface area contributed by atoms with E-state index in [4.69, 9.17) is 23.7 Å². The van der Waals surface area contributed by atoms with Gasteiger partial charge in [0.1, 0.15) is 23.7 Å². The lowest BCUT2D eigenvalue weighted by atomic mass is 9.99. The highest BCUT2D eigenvalue weighted by atomic mass is 32.2. The number of carbonyl (C=O) groups excluding carboxylic acids is 1. The molecule has 0 spiro atoms. The van der Waals surface area contributed by atoms with Gasteiger partial charge in [-0.15, -0.1) is 11.8 Å². The van der Waals surface area contributed by atoms with Gasteiger partial charge in [0.2, 0.25) is 0 Å². The highest BCUT2D eigenvalue weighted by molar-refractivity contribution is 7.99. The molecule has 1 heterocycles. The predicted octanol–water partition coefficient (Wildman–Crippen LogP) is 4.58. The van der Waals surface area contributed by atoms with Crippen LogP contribution in [-0.2, 0) is 28.5 Å². The summed E-state index contributed by atoms with van der Waals surface area (Å²) in [6, 6.07) is 0. The van der Waals surface area contributed by atoms with E-state index in [1.807, 2.05) is 0 Å². The molecule has 0 aromatic heterocycles. The van der Waals surface area contributed by atoms with Crippen LogP contribution >= 0.6 is 11.8 Å². The van der Waals surface area contributed by atoms with Gasteiger partial charge in [0.05, 0.1) is 6.61 Å². The zero-order chi connectivity index (χ0) is 21.5. The lowest BCUT2D eigenvalue weighted by Crippen LogP contribution is -2.61. The van der Waals surface area contributed by atoms with Crippen LogP contribution in [0.25, 0.3) is 0 Å². The molecule has 1 rings (SSSR count). The van der Waals surface area contributed by atoms with Crippen molar-refractivity contribution >= 4 is 17.7 Å². The van der Waals surface area contributed by atoms with Crippen molar-refractivity contribution in [2.75, 3.05) is 32.2 Å². The van der Waals surface area contributed by atoms with Crippen LogP contribution in [0.3, 0.4) is 0 Å². The third kappa shape index (κ3) is 10.0. The third-order valence-corrected chi connectivity index (χ3v) is 5.81. The quantitative estimate of drug-likeness (QED) is 0.260. The van der Waals surface area contributed by atoms with Gasteiger partial charge in [-0.3, -0.25) is 4.79 Å². The number of hydrogen-bond donors (Lipinski definition) is 0. The zero-order valence-electron chi connectivity index (χ0n) is 19.0. The second kappa shape index (κ2) is 16.4. The fourth-order valence-corrected chi connectivity index (χ4v) is 4.14. The van der Waals surface area contributed by atoms with Crippen molar-refractivity contribution in [3.05, 3.63) is 0 Å². The van der Waals surface area contributed by atoms with E-state index < -0.39 is 6.10 Å². The number of esters is 1. The van der Waals surface area contributed by atoms with Crippen molar-refractivity contribution in [3.8, 4) is 0 Å². The monoisotopic (exact) mass is 434 g/mol. The van der Waals surface area contributed by atoms with Crippen LogP contribution in [0, 0.1) is 0 Å². The van der Waals surface area contributed by atoms with Crippen molar-refractivity contribution in [1.82, 2.24) is 0 Å². The van der Waals surface area contributed by atoms with Crippen molar-refractivity contribution in [1.29, 1.82) is 0 Å². The van der Waals surface area contributed by atoms with E-state index in [2.05, 4.69) is 27.7 Å². The normalized spacial score (nSPS) is 27.1. The highest BCUT2D eigenvalue weighted by Crippen LogP contribution is 2.34. The molecule has 1 saturated heterocycles. The molecule has 0 radical (unpaired) electrons. The van der Waals surface area contributed by atoms with E-state index in [1.54, 1.807) is 11.8 Å². The molecule has 1 aliphatic heterocycles. The first-order valence-electron chi connectivity index (χ1n) is 11.3. The minimum absolute atomic E-state index is 0.244. The van der Waals surface area contributed by atoms with Crippen LogP contribution in [0.15, 0.2) is 0 Å². The highest BCUT2D eigenvalue weighted by Gasteiger charge is 2.49. The Kier molecular flexibility index (Phi) is 15.1. The molecule has 0 aromatic rings. The van der Waals surface area contributed by atoms with Crippen molar-refractivity contribution < 1.29 is 28.5 Å². The maximum absolute atomic E-state index is 11.8. The Morgan fingerprint density at radius 3 is 2.00 bits per heavy atom. The molecule has 0 aliphatic carbocycles. The van der Waals surface area contributed by atoms with Gasteiger partial charge in [-0.2, -0.15) is 0 Å². The molecule has 1 fully saturated rings. The predicted molar refractivity (Wildman–Crippen MR) is 117 cm³/mol. The Balaban J connectivity index is 3.02. The lowest BCUT2D eigenvalue weighted by molar-refractivity contribution is -0.244. The molecule has 7 heteroatoms. The summed E-state index contributed by atoms with van der Waals surface area (Å²) in [5.74, 6) is 0.531. The fourth-order valence-electron chi connectivity index (χ4n) is 3.19. The Morgan fingerprint density at radius 1 is 0.862 bits per heavy atom. The SMILES string of the molecule is CCCCOCC1O[C@H](SCC)[C@H](OC(C)=O)C(OCCCC)[C@@H]1OCCCC. The van der Waals surface area contributed by atoms with Crippen LogP contribution in [0.1, 0.15) is 73.1 Å². The molecular formula is C22H42O6S. The molecule has 172 valence electrons. The van der Waals surface area contributed by atoms with Gasteiger partial charge in [0.15, 0.2) is 6.10 Å². The van der Waals surface area contributed by atoms with Gasteiger partial charge in [0.25, 0.3) is 0 Å². The number of rotatable bonds is 16. The average Bonchev–Trinajstić information content (AvgIpc) is 2.69. The number of carbonyl (C=O) groups is 1. The molecule has 29 heavy (non-hydrogen) atoms. The van der Waals surface area contributed by atoms with E-state index in [9.17, 15) is 4.79 Å². The standard InChI is InChI=1S/C22H42O6S/c1-6-10-13-24-16-18-19(25-14-11-7-2)20(26-15-12-8-3)21(27-17(5)23)22(28-18)29-9-4/h18-22H,6-16H2,1-5H3/t18?,19-,20?,21-,22-/m1/s1. The smallest absolute Gasteiger partial charge is 0.303 e. The van der Waals surface area contributed by atoms with Gasteiger partial charge < -0.3 is 23.7 Å². The summed E-state index contributed by atoms with van der Waals surface area (Å²) in [6.45, 7) is 12.3. The first-order valence-corrected chi connectivity index (χ1v) is 12.4. The van der Waals surface area contributed by atoms with E-state index in [-0.39, 0.29) is 29.7 Å². The van der Waals surface area contributed by atoms with Gasteiger partial charge >= 0.3 is 5.97 Å². The summed E-state index contributed by atoms with van der Waals surface area (Å²) in [7, 11) is 0. The van der Waals surface area contributed by atoms with Crippen LogP contribution in [0.2, 0.25) is 0 Å². The van der Waals surface area contributed by atoms with E-state index in [0.29, 0.717) is 26.4 Å².